The summed E-state index contributed by atoms with van der Waals surface area (Å²) in [4.78, 5) is 24.7. The molecule has 2 aliphatic rings. The highest BCUT2D eigenvalue weighted by Gasteiger charge is 2.29. The van der Waals surface area contributed by atoms with Crippen molar-refractivity contribution in [3.8, 4) is 0 Å². The van der Waals surface area contributed by atoms with Gasteiger partial charge >= 0.3 is 5.97 Å². The average molecular weight is 240 g/mol. The van der Waals surface area contributed by atoms with Crippen molar-refractivity contribution < 1.29 is 14.7 Å². The van der Waals surface area contributed by atoms with E-state index in [1.54, 1.807) is 4.90 Å². The maximum absolute atomic E-state index is 12.0. The molecule has 0 aliphatic carbocycles. The molecule has 0 aromatic rings. The van der Waals surface area contributed by atoms with Crippen LogP contribution in [0.15, 0.2) is 0 Å². The lowest BCUT2D eigenvalue weighted by molar-refractivity contribution is -0.145. The van der Waals surface area contributed by atoms with Gasteiger partial charge in [-0.05, 0) is 32.2 Å². The van der Waals surface area contributed by atoms with Crippen LogP contribution in [0.1, 0.15) is 32.1 Å². The number of carboxylic acids is 1. The fraction of sp³-hybridized carbons (Fsp3) is 0.833. The first-order valence-electron chi connectivity index (χ1n) is 6.41. The Kier molecular flexibility index (Phi) is 3.99. The summed E-state index contributed by atoms with van der Waals surface area (Å²) in [5.41, 5.74) is 0. The summed E-state index contributed by atoms with van der Waals surface area (Å²) in [5, 5.41) is 12.3. The van der Waals surface area contributed by atoms with Crippen LogP contribution in [-0.4, -0.2) is 47.6 Å². The fourth-order valence-electron chi connectivity index (χ4n) is 2.68. The first-order chi connectivity index (χ1) is 8.16. The van der Waals surface area contributed by atoms with Gasteiger partial charge in [-0.1, -0.05) is 0 Å². The number of nitrogens with zero attached hydrogens (tertiary/aromatic N) is 1. The number of piperidine rings is 1. The number of amides is 1. The molecule has 0 radical (unpaired) electrons. The molecule has 0 saturated carbocycles. The molecular weight excluding hydrogens is 220 g/mol. The van der Waals surface area contributed by atoms with E-state index < -0.39 is 5.97 Å². The molecule has 1 unspecified atom stereocenters. The minimum atomic E-state index is -0.776. The van der Waals surface area contributed by atoms with Crippen LogP contribution in [0.4, 0.5) is 0 Å². The largest absolute Gasteiger partial charge is 0.481 e. The minimum Gasteiger partial charge on any atom is -0.481 e. The second-order valence-corrected chi connectivity index (χ2v) is 5.01. The molecular formula is C12H20N2O3. The molecule has 2 rings (SSSR count). The van der Waals surface area contributed by atoms with Crippen molar-refractivity contribution in [2.75, 3.05) is 19.6 Å². The lowest BCUT2D eigenvalue weighted by atomic mass is 9.97. The molecule has 5 heteroatoms. The summed E-state index contributed by atoms with van der Waals surface area (Å²) in [7, 11) is 0. The number of nitrogens with one attached hydrogen (secondary N) is 1. The van der Waals surface area contributed by atoms with E-state index in [-0.39, 0.29) is 11.8 Å². The Morgan fingerprint density at radius 2 is 2.12 bits per heavy atom. The Morgan fingerprint density at radius 3 is 2.76 bits per heavy atom. The number of carboxylic acid groups (broad SMARTS) is 1. The summed E-state index contributed by atoms with van der Waals surface area (Å²) in [6, 6.07) is 0.299. The lowest BCUT2D eigenvalue weighted by Crippen LogP contribution is -2.44. The standard InChI is InChI=1S/C12H20N2O3/c15-11(7-10-4-1-5-13-10)14-6-2-3-9(8-14)12(16)17/h9-10,13H,1-8H2,(H,16,17)/t9-,10?/m1/s1. The van der Waals surface area contributed by atoms with Gasteiger partial charge < -0.3 is 15.3 Å². The SMILES string of the molecule is O=C(O)[C@@H]1CCCN(C(=O)CC2CCCN2)C1. The van der Waals surface area contributed by atoms with E-state index in [9.17, 15) is 9.59 Å². The molecule has 1 amide bonds. The van der Waals surface area contributed by atoms with Crippen molar-refractivity contribution in [3.63, 3.8) is 0 Å². The number of hydrogen-bond donors (Lipinski definition) is 2. The van der Waals surface area contributed by atoms with Crippen LogP contribution in [0.3, 0.4) is 0 Å². The minimum absolute atomic E-state index is 0.107. The molecule has 2 atom stereocenters. The molecule has 2 N–H and O–H groups in total. The van der Waals surface area contributed by atoms with Crippen molar-refractivity contribution in [2.45, 2.75) is 38.1 Å². The summed E-state index contributed by atoms with van der Waals surface area (Å²) in [6.07, 6.45) is 4.21. The molecule has 2 aliphatic heterocycles. The van der Waals surface area contributed by atoms with Crippen molar-refractivity contribution in [1.29, 1.82) is 0 Å². The molecule has 0 aromatic carbocycles. The number of rotatable bonds is 3. The van der Waals surface area contributed by atoms with E-state index in [2.05, 4.69) is 5.32 Å². The lowest BCUT2D eigenvalue weighted by Gasteiger charge is -2.31. The number of likely N-dealkylation sites (tertiary alicyclic amines) is 1. The molecule has 2 saturated heterocycles. The Hall–Kier alpha value is -1.10. The maximum atomic E-state index is 12.0. The Bertz CT molecular complexity index is 300. The van der Waals surface area contributed by atoms with Gasteiger partial charge in [-0.2, -0.15) is 0 Å². The predicted octanol–water partition coefficient (Wildman–Crippen LogP) is 0.452. The molecule has 2 heterocycles. The van der Waals surface area contributed by atoms with Crippen LogP contribution in [0, 0.1) is 5.92 Å². The number of carbonyl (C=O) groups is 2. The molecule has 0 bridgehead atoms. The van der Waals surface area contributed by atoms with Crippen LogP contribution < -0.4 is 5.32 Å². The third-order valence-electron chi connectivity index (χ3n) is 3.71. The average Bonchev–Trinajstić information content (AvgIpc) is 2.82. The molecule has 2 fully saturated rings. The number of carbonyl (C=O) groups excluding carboxylic acids is 1. The number of hydrogen-bond acceptors (Lipinski definition) is 3. The van der Waals surface area contributed by atoms with E-state index in [4.69, 9.17) is 5.11 Å². The molecule has 5 nitrogen and oxygen atoms in total. The van der Waals surface area contributed by atoms with Gasteiger partial charge in [-0.25, -0.2) is 0 Å². The van der Waals surface area contributed by atoms with Gasteiger partial charge in [0.2, 0.25) is 5.91 Å². The Morgan fingerprint density at radius 1 is 1.29 bits per heavy atom. The monoisotopic (exact) mass is 240 g/mol. The topological polar surface area (TPSA) is 69.6 Å². The van der Waals surface area contributed by atoms with Gasteiger partial charge in [0.05, 0.1) is 5.92 Å². The van der Waals surface area contributed by atoms with E-state index in [1.165, 1.54) is 0 Å². The highest BCUT2D eigenvalue weighted by Crippen LogP contribution is 2.19. The van der Waals surface area contributed by atoms with Gasteiger partial charge in [0, 0.05) is 25.6 Å². The van der Waals surface area contributed by atoms with Gasteiger partial charge in [0.1, 0.15) is 0 Å². The van der Waals surface area contributed by atoms with E-state index in [0.29, 0.717) is 25.4 Å². The maximum Gasteiger partial charge on any atom is 0.308 e. The van der Waals surface area contributed by atoms with Crippen LogP contribution >= 0.6 is 0 Å². The first kappa shape index (κ1) is 12.4. The molecule has 96 valence electrons. The smallest absolute Gasteiger partial charge is 0.308 e. The Labute approximate surface area is 101 Å². The highest BCUT2D eigenvalue weighted by atomic mass is 16.4. The first-order valence-corrected chi connectivity index (χ1v) is 6.41. The third kappa shape index (κ3) is 3.19. The van der Waals surface area contributed by atoms with Crippen molar-refractivity contribution >= 4 is 11.9 Å². The number of aliphatic carboxylic acids is 1. The molecule has 17 heavy (non-hydrogen) atoms. The van der Waals surface area contributed by atoms with Crippen molar-refractivity contribution in [3.05, 3.63) is 0 Å². The summed E-state index contributed by atoms with van der Waals surface area (Å²) in [6.45, 7) is 2.10. The zero-order valence-electron chi connectivity index (χ0n) is 10.0. The zero-order valence-corrected chi connectivity index (χ0v) is 10.0. The van der Waals surface area contributed by atoms with Gasteiger partial charge in [0.15, 0.2) is 0 Å². The summed E-state index contributed by atoms with van der Waals surface area (Å²) >= 11 is 0. The van der Waals surface area contributed by atoms with E-state index in [1.807, 2.05) is 0 Å². The van der Waals surface area contributed by atoms with Crippen molar-refractivity contribution in [2.24, 2.45) is 5.92 Å². The third-order valence-corrected chi connectivity index (χ3v) is 3.71. The van der Waals surface area contributed by atoms with E-state index in [0.717, 1.165) is 32.4 Å². The van der Waals surface area contributed by atoms with E-state index >= 15 is 0 Å². The van der Waals surface area contributed by atoms with Crippen molar-refractivity contribution in [1.82, 2.24) is 10.2 Å². The van der Waals surface area contributed by atoms with Crippen LogP contribution in [-0.2, 0) is 9.59 Å². The molecule has 0 spiro atoms. The normalized spacial score (nSPS) is 29.3. The molecule has 0 aromatic heterocycles. The Balaban J connectivity index is 1.83. The fourth-order valence-corrected chi connectivity index (χ4v) is 2.68. The summed E-state index contributed by atoms with van der Waals surface area (Å²) < 4.78 is 0. The zero-order chi connectivity index (χ0) is 12.3. The highest BCUT2D eigenvalue weighted by molar-refractivity contribution is 5.78. The second-order valence-electron chi connectivity index (χ2n) is 5.01. The predicted molar refractivity (Wildman–Crippen MR) is 62.6 cm³/mol. The quantitative estimate of drug-likeness (QED) is 0.751. The van der Waals surface area contributed by atoms with Gasteiger partial charge in [-0.15, -0.1) is 0 Å². The van der Waals surface area contributed by atoms with Crippen LogP contribution in [0.2, 0.25) is 0 Å². The summed E-state index contributed by atoms with van der Waals surface area (Å²) in [5.74, 6) is -1.04. The second kappa shape index (κ2) is 5.49. The van der Waals surface area contributed by atoms with Crippen LogP contribution in [0.25, 0.3) is 0 Å². The van der Waals surface area contributed by atoms with Gasteiger partial charge in [-0.3, -0.25) is 9.59 Å². The van der Waals surface area contributed by atoms with Crippen LogP contribution in [0.5, 0.6) is 0 Å². The van der Waals surface area contributed by atoms with Gasteiger partial charge in [0.25, 0.3) is 0 Å².